The topological polar surface area (TPSA) is 61.4 Å². The van der Waals surface area contributed by atoms with E-state index in [1.165, 1.54) is 37.5 Å². The molecule has 1 atom stereocenters. The van der Waals surface area contributed by atoms with Gasteiger partial charge in [-0.3, -0.25) is 14.5 Å². The van der Waals surface area contributed by atoms with E-state index in [4.69, 9.17) is 0 Å². The molecule has 1 aromatic rings. The van der Waals surface area contributed by atoms with E-state index in [0.717, 1.165) is 13.1 Å². The van der Waals surface area contributed by atoms with E-state index in [-0.39, 0.29) is 22.9 Å². The third-order valence-corrected chi connectivity index (χ3v) is 5.26. The lowest BCUT2D eigenvalue weighted by atomic mass is 9.97. The number of benzene rings is 1. The molecule has 1 saturated heterocycles. The number of rotatable bonds is 7. The molecule has 0 saturated carbocycles. The van der Waals surface area contributed by atoms with Gasteiger partial charge in [-0.25, -0.2) is 4.39 Å². The fourth-order valence-corrected chi connectivity index (χ4v) is 3.42. The molecule has 0 radical (unpaired) electrons. The highest BCUT2D eigenvalue weighted by Gasteiger charge is 2.31. The van der Waals surface area contributed by atoms with Crippen molar-refractivity contribution in [3.05, 3.63) is 35.6 Å². The molecule has 1 aliphatic rings. The molecule has 2 rings (SSSR count). The van der Waals surface area contributed by atoms with Crippen molar-refractivity contribution in [3.8, 4) is 0 Å². The monoisotopic (exact) mass is 377 g/mol. The maximum atomic E-state index is 13.8. The molecule has 2 N–H and O–H groups in total. The van der Waals surface area contributed by atoms with Gasteiger partial charge in [-0.2, -0.15) is 0 Å². The number of carbonyl (C=O) groups excluding carboxylic acids is 2. The standard InChI is InChI=1S/C21H32FN3O2/c1-15(2)18(24-19(26)16-10-6-7-11-17(16)22)20(27)23-14-21(3,4)25-12-8-5-9-13-25/h6-7,10-11,15,18H,5,8-9,12-14H2,1-4H3,(H,23,27)(H,24,26). The average Bonchev–Trinajstić information content (AvgIpc) is 2.65. The summed E-state index contributed by atoms with van der Waals surface area (Å²) in [5.41, 5.74) is -0.197. The molecule has 27 heavy (non-hydrogen) atoms. The minimum absolute atomic E-state index is 0.0513. The number of halogens is 1. The lowest BCUT2D eigenvalue weighted by Gasteiger charge is -2.41. The van der Waals surface area contributed by atoms with E-state index in [1.807, 2.05) is 13.8 Å². The molecule has 150 valence electrons. The molecular weight excluding hydrogens is 345 g/mol. The number of nitrogens with zero attached hydrogens (tertiary/aromatic N) is 1. The highest BCUT2D eigenvalue weighted by Crippen LogP contribution is 2.20. The first-order valence-corrected chi connectivity index (χ1v) is 9.80. The fourth-order valence-electron chi connectivity index (χ4n) is 3.42. The first kappa shape index (κ1) is 21.4. The Morgan fingerprint density at radius 2 is 1.78 bits per heavy atom. The second kappa shape index (κ2) is 9.31. The quantitative estimate of drug-likeness (QED) is 0.768. The predicted octanol–water partition coefficient (Wildman–Crippen LogP) is 2.96. The number of hydrogen-bond donors (Lipinski definition) is 2. The van der Waals surface area contributed by atoms with Crippen LogP contribution in [0.2, 0.25) is 0 Å². The second-order valence-corrected chi connectivity index (χ2v) is 8.25. The molecule has 0 bridgehead atoms. The Morgan fingerprint density at radius 1 is 1.15 bits per heavy atom. The van der Waals surface area contributed by atoms with Crippen molar-refractivity contribution >= 4 is 11.8 Å². The maximum absolute atomic E-state index is 13.8. The van der Waals surface area contributed by atoms with Gasteiger partial charge in [0.15, 0.2) is 0 Å². The van der Waals surface area contributed by atoms with Gasteiger partial charge in [-0.1, -0.05) is 32.4 Å². The smallest absolute Gasteiger partial charge is 0.254 e. The zero-order valence-corrected chi connectivity index (χ0v) is 16.8. The van der Waals surface area contributed by atoms with Crippen LogP contribution in [-0.4, -0.2) is 47.9 Å². The van der Waals surface area contributed by atoms with Gasteiger partial charge in [-0.15, -0.1) is 0 Å². The van der Waals surface area contributed by atoms with Crippen LogP contribution in [0.15, 0.2) is 24.3 Å². The molecule has 1 unspecified atom stereocenters. The number of piperidine rings is 1. The van der Waals surface area contributed by atoms with Crippen molar-refractivity contribution in [2.75, 3.05) is 19.6 Å². The van der Waals surface area contributed by atoms with E-state index in [1.54, 1.807) is 6.07 Å². The summed E-state index contributed by atoms with van der Waals surface area (Å²) in [5.74, 6) is -1.51. The summed E-state index contributed by atoms with van der Waals surface area (Å²) in [7, 11) is 0. The molecule has 5 nitrogen and oxygen atoms in total. The van der Waals surface area contributed by atoms with Crippen molar-refractivity contribution in [1.29, 1.82) is 0 Å². The van der Waals surface area contributed by atoms with Crippen LogP contribution in [0.3, 0.4) is 0 Å². The Kier molecular flexibility index (Phi) is 7.36. The van der Waals surface area contributed by atoms with Crippen LogP contribution in [0.5, 0.6) is 0 Å². The highest BCUT2D eigenvalue weighted by atomic mass is 19.1. The van der Waals surface area contributed by atoms with Gasteiger partial charge in [0.05, 0.1) is 5.56 Å². The van der Waals surface area contributed by atoms with Crippen molar-refractivity contribution in [2.45, 2.75) is 58.5 Å². The summed E-state index contributed by atoms with van der Waals surface area (Å²) >= 11 is 0. The van der Waals surface area contributed by atoms with Crippen molar-refractivity contribution in [3.63, 3.8) is 0 Å². The molecular formula is C21H32FN3O2. The molecule has 1 heterocycles. The van der Waals surface area contributed by atoms with Crippen LogP contribution in [0.1, 0.15) is 57.3 Å². The molecule has 1 aromatic carbocycles. The molecule has 1 aliphatic heterocycles. The highest BCUT2D eigenvalue weighted by molar-refractivity contribution is 5.97. The van der Waals surface area contributed by atoms with Crippen LogP contribution in [0.25, 0.3) is 0 Å². The first-order chi connectivity index (χ1) is 12.7. The summed E-state index contributed by atoms with van der Waals surface area (Å²) in [6.45, 7) is 10.6. The summed E-state index contributed by atoms with van der Waals surface area (Å²) in [6.07, 6.45) is 3.63. The normalized spacial score (nSPS) is 16.8. The van der Waals surface area contributed by atoms with Crippen molar-refractivity contribution in [1.82, 2.24) is 15.5 Å². The van der Waals surface area contributed by atoms with Crippen LogP contribution in [0, 0.1) is 11.7 Å². The van der Waals surface area contributed by atoms with Gasteiger partial charge in [-0.05, 0) is 57.8 Å². The summed E-state index contributed by atoms with van der Waals surface area (Å²) in [6, 6.07) is 5.07. The molecule has 1 fully saturated rings. The zero-order valence-electron chi connectivity index (χ0n) is 16.8. The Hall–Kier alpha value is -1.95. The van der Waals surface area contributed by atoms with Gasteiger partial charge in [0, 0.05) is 12.1 Å². The lowest BCUT2D eigenvalue weighted by molar-refractivity contribution is -0.124. The Labute approximate surface area is 161 Å². The largest absolute Gasteiger partial charge is 0.352 e. The van der Waals surface area contributed by atoms with Crippen molar-refractivity contribution in [2.24, 2.45) is 5.92 Å². The summed E-state index contributed by atoms with van der Waals surface area (Å²) in [5, 5.41) is 5.67. The van der Waals surface area contributed by atoms with Crippen LogP contribution < -0.4 is 10.6 Å². The van der Waals surface area contributed by atoms with Gasteiger partial charge < -0.3 is 10.6 Å². The van der Waals surface area contributed by atoms with E-state index >= 15 is 0 Å². The van der Waals surface area contributed by atoms with Gasteiger partial charge in [0.25, 0.3) is 5.91 Å². The number of carbonyl (C=O) groups is 2. The number of nitrogens with one attached hydrogen (secondary N) is 2. The molecule has 2 amide bonds. The predicted molar refractivity (Wildman–Crippen MR) is 105 cm³/mol. The Morgan fingerprint density at radius 3 is 2.37 bits per heavy atom. The van der Waals surface area contributed by atoms with E-state index < -0.39 is 17.8 Å². The maximum Gasteiger partial charge on any atom is 0.254 e. The summed E-state index contributed by atoms with van der Waals surface area (Å²) < 4.78 is 13.8. The number of hydrogen-bond acceptors (Lipinski definition) is 3. The molecule has 0 aromatic heterocycles. The average molecular weight is 378 g/mol. The van der Waals surface area contributed by atoms with Crippen LogP contribution >= 0.6 is 0 Å². The fraction of sp³-hybridized carbons (Fsp3) is 0.619. The minimum Gasteiger partial charge on any atom is -0.352 e. The molecule has 6 heteroatoms. The van der Waals surface area contributed by atoms with Crippen LogP contribution in [-0.2, 0) is 4.79 Å². The third-order valence-electron chi connectivity index (χ3n) is 5.26. The summed E-state index contributed by atoms with van der Waals surface area (Å²) in [4.78, 5) is 27.5. The Bertz CT molecular complexity index is 655. The Balaban J connectivity index is 1.98. The molecule has 0 spiro atoms. The zero-order chi connectivity index (χ0) is 20.0. The lowest BCUT2D eigenvalue weighted by Crippen LogP contribution is -2.57. The van der Waals surface area contributed by atoms with Gasteiger partial charge in [0.2, 0.25) is 5.91 Å². The SMILES string of the molecule is CC(C)C(NC(=O)c1ccccc1F)C(=O)NCC(C)(C)N1CCCCC1. The molecule has 0 aliphatic carbocycles. The van der Waals surface area contributed by atoms with E-state index in [2.05, 4.69) is 29.4 Å². The van der Waals surface area contributed by atoms with Gasteiger partial charge in [0.1, 0.15) is 11.9 Å². The third kappa shape index (κ3) is 5.76. The number of likely N-dealkylation sites (tertiary alicyclic amines) is 1. The minimum atomic E-state index is -0.714. The van der Waals surface area contributed by atoms with Crippen LogP contribution in [0.4, 0.5) is 4.39 Å². The van der Waals surface area contributed by atoms with E-state index in [9.17, 15) is 14.0 Å². The van der Waals surface area contributed by atoms with E-state index in [0.29, 0.717) is 6.54 Å². The van der Waals surface area contributed by atoms with Crippen molar-refractivity contribution < 1.29 is 14.0 Å². The van der Waals surface area contributed by atoms with Gasteiger partial charge >= 0.3 is 0 Å². The number of amides is 2. The first-order valence-electron chi connectivity index (χ1n) is 9.80. The second-order valence-electron chi connectivity index (χ2n) is 8.25.